The van der Waals surface area contributed by atoms with Crippen LogP contribution in [0.15, 0.2) is 18.2 Å². The molecule has 1 rings (SSSR count). The summed E-state index contributed by atoms with van der Waals surface area (Å²) in [4.78, 5) is 12.6. The van der Waals surface area contributed by atoms with Crippen LogP contribution in [0.1, 0.15) is 12.5 Å². The molecule has 0 bridgehead atoms. The van der Waals surface area contributed by atoms with E-state index in [2.05, 4.69) is 0 Å². The second-order valence-electron chi connectivity index (χ2n) is 3.78. The summed E-state index contributed by atoms with van der Waals surface area (Å²) in [6.45, 7) is 3.59. The zero-order valence-electron chi connectivity index (χ0n) is 10.0. The van der Waals surface area contributed by atoms with Crippen LogP contribution in [-0.2, 0) is 4.79 Å². The van der Waals surface area contributed by atoms with Gasteiger partial charge in [0.25, 0.3) is 0 Å². The molecule has 1 aromatic carbocycles. The summed E-state index contributed by atoms with van der Waals surface area (Å²) in [5, 5.41) is 8.94. The number of carbonyl (C=O) groups is 1. The number of rotatable bonds is 4. The largest absolute Gasteiger partial charge is 0.497 e. The molecule has 0 amide bonds. The normalized spacial score (nSPS) is 12.0. The third-order valence-corrected chi connectivity index (χ3v) is 2.72. The van der Waals surface area contributed by atoms with Crippen molar-refractivity contribution >= 4 is 11.7 Å². The van der Waals surface area contributed by atoms with E-state index >= 15 is 0 Å². The van der Waals surface area contributed by atoms with Gasteiger partial charge in [0.2, 0.25) is 0 Å². The lowest BCUT2D eigenvalue weighted by molar-refractivity contribution is -0.138. The number of nitrogens with zero attached hydrogens (tertiary/aromatic N) is 1. The molecule has 4 nitrogen and oxygen atoms in total. The van der Waals surface area contributed by atoms with E-state index in [4.69, 9.17) is 9.84 Å². The molecule has 0 aliphatic rings. The Morgan fingerprint density at radius 1 is 1.50 bits per heavy atom. The third-order valence-electron chi connectivity index (χ3n) is 2.72. The zero-order chi connectivity index (χ0) is 12.3. The van der Waals surface area contributed by atoms with E-state index in [1.807, 2.05) is 25.1 Å². The number of hydrogen-bond acceptors (Lipinski definition) is 3. The summed E-state index contributed by atoms with van der Waals surface area (Å²) in [6.07, 6.45) is 0. The van der Waals surface area contributed by atoms with Crippen LogP contribution >= 0.6 is 0 Å². The lowest BCUT2D eigenvalue weighted by Gasteiger charge is -2.25. The van der Waals surface area contributed by atoms with E-state index in [0.29, 0.717) is 0 Å². The van der Waals surface area contributed by atoms with Crippen molar-refractivity contribution in [2.24, 2.45) is 0 Å². The van der Waals surface area contributed by atoms with E-state index in [1.54, 1.807) is 26.0 Å². The number of methoxy groups -OCH3 is 1. The number of carboxylic acids is 1. The second-order valence-corrected chi connectivity index (χ2v) is 3.78. The zero-order valence-corrected chi connectivity index (χ0v) is 10.0. The minimum absolute atomic E-state index is 0.549. The minimum Gasteiger partial charge on any atom is -0.497 e. The molecule has 16 heavy (non-hydrogen) atoms. The molecule has 0 heterocycles. The maximum absolute atomic E-state index is 10.9. The Morgan fingerprint density at radius 2 is 2.12 bits per heavy atom. The lowest BCUT2D eigenvalue weighted by atomic mass is 10.1. The van der Waals surface area contributed by atoms with Gasteiger partial charge in [0.1, 0.15) is 11.8 Å². The Hall–Kier alpha value is -1.71. The molecule has 0 fully saturated rings. The Bertz CT molecular complexity index is 390. The molecule has 0 saturated heterocycles. The van der Waals surface area contributed by atoms with Gasteiger partial charge in [-0.1, -0.05) is 0 Å². The molecule has 1 unspecified atom stereocenters. The molecule has 1 N–H and O–H groups in total. The summed E-state index contributed by atoms with van der Waals surface area (Å²) in [6, 6.07) is 5.04. The molecule has 0 aromatic heterocycles. The Morgan fingerprint density at radius 3 is 2.56 bits per heavy atom. The number of ether oxygens (including phenoxy) is 1. The molecule has 0 aliphatic heterocycles. The topological polar surface area (TPSA) is 49.8 Å². The van der Waals surface area contributed by atoms with Crippen molar-refractivity contribution in [3.63, 3.8) is 0 Å². The van der Waals surface area contributed by atoms with Gasteiger partial charge >= 0.3 is 5.97 Å². The van der Waals surface area contributed by atoms with Crippen LogP contribution in [0, 0.1) is 6.92 Å². The second kappa shape index (κ2) is 4.88. The molecule has 0 spiro atoms. The Labute approximate surface area is 95.5 Å². The van der Waals surface area contributed by atoms with E-state index in [9.17, 15) is 4.79 Å². The van der Waals surface area contributed by atoms with Crippen LogP contribution in [0.5, 0.6) is 5.75 Å². The van der Waals surface area contributed by atoms with Crippen molar-refractivity contribution in [2.75, 3.05) is 19.1 Å². The van der Waals surface area contributed by atoms with Crippen LogP contribution in [0.2, 0.25) is 0 Å². The first-order valence-electron chi connectivity index (χ1n) is 5.07. The van der Waals surface area contributed by atoms with Crippen molar-refractivity contribution in [3.8, 4) is 5.75 Å². The molecular formula is C12H17NO3. The number of anilines is 1. The molecule has 1 atom stereocenters. The maximum Gasteiger partial charge on any atom is 0.326 e. The number of aryl methyl sites for hydroxylation is 1. The maximum atomic E-state index is 10.9. The fraction of sp³-hybridized carbons (Fsp3) is 0.417. The first kappa shape index (κ1) is 12.4. The van der Waals surface area contributed by atoms with Crippen molar-refractivity contribution < 1.29 is 14.6 Å². The summed E-state index contributed by atoms with van der Waals surface area (Å²) in [5.74, 6) is -0.0599. The average molecular weight is 223 g/mol. The summed E-state index contributed by atoms with van der Waals surface area (Å²) in [5.41, 5.74) is 1.89. The van der Waals surface area contributed by atoms with Gasteiger partial charge in [-0.2, -0.15) is 0 Å². The number of likely N-dealkylation sites (N-methyl/N-ethyl adjacent to an activating group) is 1. The fourth-order valence-electron chi connectivity index (χ4n) is 1.52. The quantitative estimate of drug-likeness (QED) is 0.847. The molecule has 0 aliphatic carbocycles. The highest BCUT2D eigenvalue weighted by atomic mass is 16.5. The summed E-state index contributed by atoms with van der Waals surface area (Å²) in [7, 11) is 3.38. The van der Waals surface area contributed by atoms with Crippen molar-refractivity contribution in [1.29, 1.82) is 0 Å². The molecule has 88 valence electrons. The highest BCUT2D eigenvalue weighted by Gasteiger charge is 2.18. The standard InChI is InChI=1S/C12H17NO3/c1-8-7-10(16-4)5-6-11(8)13(3)9(2)12(14)15/h5-7,9H,1-4H3,(H,14,15). The highest BCUT2D eigenvalue weighted by Crippen LogP contribution is 2.25. The SMILES string of the molecule is COc1ccc(N(C)C(C)C(=O)O)c(C)c1. The van der Waals surface area contributed by atoms with Gasteiger partial charge in [0.05, 0.1) is 7.11 Å². The average Bonchev–Trinajstić information content (AvgIpc) is 2.26. The number of aliphatic carboxylic acids is 1. The van der Waals surface area contributed by atoms with Gasteiger partial charge in [0.15, 0.2) is 0 Å². The Kier molecular flexibility index (Phi) is 3.77. The van der Waals surface area contributed by atoms with Gasteiger partial charge in [-0.3, -0.25) is 0 Å². The predicted molar refractivity (Wildman–Crippen MR) is 63.2 cm³/mol. The van der Waals surface area contributed by atoms with Crippen LogP contribution in [0.3, 0.4) is 0 Å². The molecule has 0 saturated carbocycles. The van der Waals surface area contributed by atoms with Gasteiger partial charge in [-0.15, -0.1) is 0 Å². The van der Waals surface area contributed by atoms with Gasteiger partial charge < -0.3 is 14.7 Å². The van der Waals surface area contributed by atoms with Crippen LogP contribution in [0.25, 0.3) is 0 Å². The predicted octanol–water partition coefficient (Wildman–Crippen LogP) is 1.91. The van der Waals surface area contributed by atoms with E-state index in [0.717, 1.165) is 17.0 Å². The van der Waals surface area contributed by atoms with E-state index < -0.39 is 12.0 Å². The monoisotopic (exact) mass is 223 g/mol. The number of carboxylic acid groups (broad SMARTS) is 1. The minimum atomic E-state index is -0.835. The highest BCUT2D eigenvalue weighted by molar-refractivity contribution is 5.78. The summed E-state index contributed by atoms with van der Waals surface area (Å²) < 4.78 is 5.10. The van der Waals surface area contributed by atoms with Crippen LogP contribution in [0.4, 0.5) is 5.69 Å². The fourth-order valence-corrected chi connectivity index (χ4v) is 1.52. The van der Waals surface area contributed by atoms with Crippen LogP contribution < -0.4 is 9.64 Å². The first-order valence-corrected chi connectivity index (χ1v) is 5.07. The molecule has 0 radical (unpaired) electrons. The molecule has 1 aromatic rings. The first-order chi connectivity index (χ1) is 7.47. The van der Waals surface area contributed by atoms with Gasteiger partial charge in [0, 0.05) is 12.7 Å². The van der Waals surface area contributed by atoms with E-state index in [1.165, 1.54) is 0 Å². The summed E-state index contributed by atoms with van der Waals surface area (Å²) >= 11 is 0. The van der Waals surface area contributed by atoms with E-state index in [-0.39, 0.29) is 0 Å². The van der Waals surface area contributed by atoms with Crippen molar-refractivity contribution in [2.45, 2.75) is 19.9 Å². The Balaban J connectivity index is 3.00. The van der Waals surface area contributed by atoms with Crippen molar-refractivity contribution in [1.82, 2.24) is 0 Å². The van der Waals surface area contributed by atoms with Crippen molar-refractivity contribution in [3.05, 3.63) is 23.8 Å². The third kappa shape index (κ3) is 2.45. The van der Waals surface area contributed by atoms with Gasteiger partial charge in [-0.25, -0.2) is 4.79 Å². The van der Waals surface area contributed by atoms with Gasteiger partial charge in [-0.05, 0) is 37.6 Å². The van der Waals surface area contributed by atoms with Crippen LogP contribution in [-0.4, -0.2) is 31.3 Å². The lowest BCUT2D eigenvalue weighted by Crippen LogP contribution is -2.36. The molecular weight excluding hydrogens is 206 g/mol. The molecule has 4 heteroatoms. The smallest absolute Gasteiger partial charge is 0.326 e. The number of benzene rings is 1. The number of hydrogen-bond donors (Lipinski definition) is 1.